The smallest absolute Gasteiger partial charge is 0.411 e. The lowest BCUT2D eigenvalue weighted by Gasteiger charge is -2.06. The minimum Gasteiger partial charge on any atom is -0.453 e. The Morgan fingerprint density at radius 3 is 2.65 bits per heavy atom. The number of methoxy groups -OCH3 is 1. The van der Waals surface area contributed by atoms with E-state index in [-0.39, 0.29) is 5.43 Å². The molecule has 100 valence electrons. The first-order valence-corrected chi connectivity index (χ1v) is 6.09. The number of pyridine rings is 1. The van der Waals surface area contributed by atoms with Crippen molar-refractivity contribution < 1.29 is 9.53 Å². The summed E-state index contributed by atoms with van der Waals surface area (Å²) < 4.78 is 4.54. The van der Waals surface area contributed by atoms with Gasteiger partial charge in [0.1, 0.15) is 0 Å². The number of amides is 1. The number of nitrogens with one attached hydrogen (secondary N) is 2. The second kappa shape index (κ2) is 4.70. The minimum absolute atomic E-state index is 0.0287. The number of aromatic nitrogens is 1. The molecule has 0 atom stereocenters. The van der Waals surface area contributed by atoms with Crippen molar-refractivity contribution in [3.05, 3.63) is 52.7 Å². The SMILES string of the molecule is COC(=O)Nc1ccc2c(=O)c3ccccc3[nH]c2c1. The molecule has 0 aliphatic carbocycles. The van der Waals surface area contributed by atoms with Crippen LogP contribution in [0.2, 0.25) is 0 Å². The molecule has 0 aliphatic heterocycles. The molecule has 1 amide bonds. The number of carbonyl (C=O) groups excluding carboxylic acids is 1. The van der Waals surface area contributed by atoms with E-state index in [9.17, 15) is 9.59 Å². The predicted molar refractivity (Wildman–Crippen MR) is 78.1 cm³/mol. The highest BCUT2D eigenvalue weighted by Crippen LogP contribution is 2.18. The number of para-hydroxylation sites is 1. The van der Waals surface area contributed by atoms with Crippen LogP contribution in [-0.4, -0.2) is 18.2 Å². The van der Waals surface area contributed by atoms with Crippen LogP contribution in [0.25, 0.3) is 21.8 Å². The molecule has 3 rings (SSSR count). The van der Waals surface area contributed by atoms with Gasteiger partial charge in [-0.15, -0.1) is 0 Å². The highest BCUT2D eigenvalue weighted by molar-refractivity contribution is 5.95. The van der Waals surface area contributed by atoms with Crippen LogP contribution in [-0.2, 0) is 4.74 Å². The van der Waals surface area contributed by atoms with Crippen LogP contribution in [0.15, 0.2) is 47.3 Å². The van der Waals surface area contributed by atoms with Gasteiger partial charge >= 0.3 is 6.09 Å². The molecule has 5 nitrogen and oxygen atoms in total. The van der Waals surface area contributed by atoms with Crippen molar-refractivity contribution in [2.75, 3.05) is 12.4 Å². The number of H-pyrrole nitrogens is 1. The largest absolute Gasteiger partial charge is 0.453 e. The lowest BCUT2D eigenvalue weighted by molar-refractivity contribution is 0.187. The second-order valence-electron chi connectivity index (χ2n) is 4.38. The van der Waals surface area contributed by atoms with Crippen LogP contribution in [0.5, 0.6) is 0 Å². The zero-order valence-electron chi connectivity index (χ0n) is 10.8. The molecule has 0 saturated heterocycles. The van der Waals surface area contributed by atoms with Crippen LogP contribution in [0.1, 0.15) is 0 Å². The third kappa shape index (κ3) is 1.99. The Balaban J connectivity index is 2.22. The normalized spacial score (nSPS) is 10.7. The van der Waals surface area contributed by atoms with Crippen LogP contribution in [0.4, 0.5) is 10.5 Å². The number of rotatable bonds is 1. The van der Waals surface area contributed by atoms with E-state index in [1.165, 1.54) is 7.11 Å². The maximum absolute atomic E-state index is 12.3. The van der Waals surface area contributed by atoms with E-state index in [2.05, 4.69) is 15.0 Å². The Bertz CT molecular complexity index is 868. The van der Waals surface area contributed by atoms with E-state index >= 15 is 0 Å². The van der Waals surface area contributed by atoms with Crippen LogP contribution >= 0.6 is 0 Å². The summed E-state index contributed by atoms with van der Waals surface area (Å²) in [7, 11) is 1.30. The topological polar surface area (TPSA) is 71.2 Å². The van der Waals surface area contributed by atoms with Gasteiger partial charge in [-0.05, 0) is 30.3 Å². The fraction of sp³-hybridized carbons (Fsp3) is 0.0667. The van der Waals surface area contributed by atoms with Gasteiger partial charge in [0.25, 0.3) is 0 Å². The maximum atomic E-state index is 12.3. The van der Waals surface area contributed by atoms with Crippen molar-refractivity contribution in [1.29, 1.82) is 0 Å². The third-order valence-electron chi connectivity index (χ3n) is 3.14. The van der Waals surface area contributed by atoms with Crippen molar-refractivity contribution in [3.8, 4) is 0 Å². The quantitative estimate of drug-likeness (QED) is 0.667. The molecule has 0 spiro atoms. The van der Waals surface area contributed by atoms with Crippen LogP contribution in [0, 0.1) is 0 Å². The summed E-state index contributed by atoms with van der Waals surface area (Å²) in [5.41, 5.74) is 1.97. The molecule has 0 aliphatic rings. The number of ether oxygens (including phenoxy) is 1. The minimum atomic E-state index is -0.549. The van der Waals surface area contributed by atoms with Gasteiger partial charge in [-0.1, -0.05) is 12.1 Å². The van der Waals surface area contributed by atoms with Crippen molar-refractivity contribution in [1.82, 2.24) is 4.98 Å². The average Bonchev–Trinajstić information content (AvgIpc) is 2.47. The van der Waals surface area contributed by atoms with Gasteiger partial charge in [0, 0.05) is 22.0 Å². The van der Waals surface area contributed by atoms with Gasteiger partial charge in [-0.2, -0.15) is 0 Å². The molecule has 0 bridgehead atoms. The number of aromatic amines is 1. The van der Waals surface area contributed by atoms with Crippen molar-refractivity contribution in [3.63, 3.8) is 0 Å². The molecule has 0 fully saturated rings. The van der Waals surface area contributed by atoms with Gasteiger partial charge in [0.05, 0.1) is 12.6 Å². The summed E-state index contributed by atoms with van der Waals surface area (Å²) >= 11 is 0. The summed E-state index contributed by atoms with van der Waals surface area (Å²) in [4.78, 5) is 26.7. The van der Waals surface area contributed by atoms with E-state index in [0.717, 1.165) is 5.52 Å². The summed E-state index contributed by atoms with van der Waals surface area (Å²) in [5.74, 6) is 0. The van der Waals surface area contributed by atoms with E-state index in [4.69, 9.17) is 0 Å². The van der Waals surface area contributed by atoms with Gasteiger partial charge in [0.2, 0.25) is 0 Å². The Morgan fingerprint density at radius 2 is 1.85 bits per heavy atom. The molecule has 0 unspecified atom stereocenters. The van der Waals surface area contributed by atoms with Crippen molar-refractivity contribution in [2.45, 2.75) is 0 Å². The molecule has 0 saturated carbocycles. The second-order valence-corrected chi connectivity index (χ2v) is 4.38. The molecular weight excluding hydrogens is 256 g/mol. The first kappa shape index (κ1) is 12.2. The number of carbonyl (C=O) groups is 1. The molecule has 1 heterocycles. The third-order valence-corrected chi connectivity index (χ3v) is 3.14. The van der Waals surface area contributed by atoms with Crippen molar-refractivity contribution in [2.24, 2.45) is 0 Å². The Hall–Kier alpha value is -2.82. The lowest BCUT2D eigenvalue weighted by Crippen LogP contribution is -2.11. The number of fused-ring (bicyclic) bond motifs is 2. The Morgan fingerprint density at radius 1 is 1.10 bits per heavy atom. The maximum Gasteiger partial charge on any atom is 0.411 e. The lowest BCUT2D eigenvalue weighted by atomic mass is 10.1. The summed E-state index contributed by atoms with van der Waals surface area (Å²) in [6.45, 7) is 0. The Kier molecular flexibility index (Phi) is 2.87. The van der Waals surface area contributed by atoms with E-state index < -0.39 is 6.09 Å². The standard InChI is InChI=1S/C15H12N2O3/c1-20-15(19)16-9-6-7-11-13(8-9)17-12-5-3-2-4-10(12)14(11)18/h2-8H,1H3,(H,16,19)(H,17,18). The highest BCUT2D eigenvalue weighted by atomic mass is 16.5. The van der Waals surface area contributed by atoms with Crippen LogP contribution < -0.4 is 10.7 Å². The van der Waals surface area contributed by atoms with Gasteiger partial charge in [0.15, 0.2) is 5.43 Å². The summed E-state index contributed by atoms with van der Waals surface area (Å²) in [5, 5.41) is 3.80. The summed E-state index contributed by atoms with van der Waals surface area (Å²) in [6.07, 6.45) is -0.549. The number of hydrogen-bond donors (Lipinski definition) is 2. The molecule has 2 aromatic carbocycles. The van der Waals surface area contributed by atoms with Crippen molar-refractivity contribution >= 4 is 33.6 Å². The monoisotopic (exact) mass is 268 g/mol. The highest BCUT2D eigenvalue weighted by Gasteiger charge is 2.07. The Labute approximate surface area is 114 Å². The zero-order valence-corrected chi connectivity index (χ0v) is 10.8. The zero-order chi connectivity index (χ0) is 14.1. The average molecular weight is 268 g/mol. The molecule has 1 aromatic heterocycles. The van der Waals surface area contributed by atoms with Gasteiger partial charge in [-0.25, -0.2) is 4.79 Å². The fourth-order valence-corrected chi connectivity index (χ4v) is 2.17. The fourth-order valence-electron chi connectivity index (χ4n) is 2.17. The first-order valence-electron chi connectivity index (χ1n) is 6.09. The van der Waals surface area contributed by atoms with E-state index in [1.54, 1.807) is 24.3 Å². The molecule has 3 aromatic rings. The first-order chi connectivity index (χ1) is 9.69. The van der Waals surface area contributed by atoms with Gasteiger partial charge < -0.3 is 9.72 Å². The molecular formula is C15H12N2O3. The number of hydrogen-bond acceptors (Lipinski definition) is 3. The van der Waals surface area contributed by atoms with E-state index in [1.807, 2.05) is 18.2 Å². The summed E-state index contributed by atoms with van der Waals surface area (Å²) in [6, 6.07) is 12.4. The van der Waals surface area contributed by atoms with E-state index in [0.29, 0.717) is 22.0 Å². The van der Waals surface area contributed by atoms with Gasteiger partial charge in [-0.3, -0.25) is 10.1 Å². The number of benzene rings is 2. The predicted octanol–water partition coefficient (Wildman–Crippen LogP) is 2.86. The molecule has 5 heteroatoms. The molecule has 2 N–H and O–H groups in total. The molecule has 20 heavy (non-hydrogen) atoms. The van der Waals surface area contributed by atoms with Crippen LogP contribution in [0.3, 0.4) is 0 Å². The molecule has 0 radical (unpaired) electrons. The number of anilines is 1.